The second-order valence-corrected chi connectivity index (χ2v) is 4.26. The number of carboxylic acids is 1. The average molecular weight is 249 g/mol. The first kappa shape index (κ1) is 12.2. The third-order valence-corrected chi connectivity index (χ3v) is 2.67. The molecule has 6 heteroatoms. The smallest absolute Gasteiger partial charge is 0.323 e. The minimum Gasteiger partial charge on any atom is -0.480 e. The second kappa shape index (κ2) is 4.95. The number of amides is 2. The molecule has 1 aromatic carbocycles. The van der Waals surface area contributed by atoms with E-state index in [-0.39, 0.29) is 6.04 Å². The van der Waals surface area contributed by atoms with Crippen LogP contribution in [0.3, 0.4) is 0 Å². The highest BCUT2D eigenvalue weighted by Gasteiger charge is 2.28. The number of urea groups is 1. The maximum Gasteiger partial charge on any atom is 0.323 e. The first-order chi connectivity index (χ1) is 8.58. The molecule has 1 fully saturated rings. The lowest BCUT2D eigenvalue weighted by Crippen LogP contribution is -2.44. The molecular weight excluding hydrogens is 234 g/mol. The molecule has 2 amide bonds. The van der Waals surface area contributed by atoms with Gasteiger partial charge in [-0.25, -0.2) is 4.79 Å². The van der Waals surface area contributed by atoms with Crippen LogP contribution in [0.25, 0.3) is 0 Å². The number of nitrogen functional groups attached to an aromatic ring is 1. The van der Waals surface area contributed by atoms with Gasteiger partial charge in [-0.1, -0.05) is 12.1 Å². The van der Waals surface area contributed by atoms with Gasteiger partial charge in [0.1, 0.15) is 6.54 Å². The number of benzene rings is 1. The van der Waals surface area contributed by atoms with Crippen LogP contribution in [-0.4, -0.2) is 29.7 Å². The summed E-state index contributed by atoms with van der Waals surface area (Å²) in [6.07, 6.45) is 1.88. The minimum atomic E-state index is -1.08. The highest BCUT2D eigenvalue weighted by molar-refractivity contribution is 5.99. The summed E-state index contributed by atoms with van der Waals surface area (Å²) in [5.74, 6) is -1.08. The molecule has 18 heavy (non-hydrogen) atoms. The Morgan fingerprint density at radius 2 is 2.06 bits per heavy atom. The Balaban J connectivity index is 2.20. The normalized spacial score (nSPS) is 14.0. The molecule has 96 valence electrons. The van der Waals surface area contributed by atoms with Crippen LogP contribution in [0, 0.1) is 0 Å². The molecule has 1 aliphatic rings. The van der Waals surface area contributed by atoms with Crippen molar-refractivity contribution in [2.75, 3.05) is 17.2 Å². The summed E-state index contributed by atoms with van der Waals surface area (Å²) in [5.41, 5.74) is 6.56. The van der Waals surface area contributed by atoms with Crippen molar-refractivity contribution in [2.24, 2.45) is 0 Å². The SMILES string of the molecule is Nc1ccccc1N(CC(=O)O)C(=O)NC1CC1. The fraction of sp³-hybridized carbons (Fsp3) is 0.333. The Hall–Kier alpha value is -2.24. The van der Waals surface area contributed by atoms with Gasteiger partial charge >= 0.3 is 12.0 Å². The third kappa shape index (κ3) is 2.91. The number of hydrogen-bond donors (Lipinski definition) is 3. The van der Waals surface area contributed by atoms with Gasteiger partial charge in [0.25, 0.3) is 0 Å². The van der Waals surface area contributed by atoms with Crippen molar-refractivity contribution in [3.8, 4) is 0 Å². The van der Waals surface area contributed by atoms with E-state index < -0.39 is 18.5 Å². The van der Waals surface area contributed by atoms with Gasteiger partial charge in [-0.15, -0.1) is 0 Å². The number of para-hydroxylation sites is 2. The van der Waals surface area contributed by atoms with E-state index >= 15 is 0 Å². The molecule has 0 heterocycles. The van der Waals surface area contributed by atoms with Crippen LogP contribution >= 0.6 is 0 Å². The summed E-state index contributed by atoms with van der Waals surface area (Å²) in [4.78, 5) is 24.0. The average Bonchev–Trinajstić information content (AvgIpc) is 3.10. The van der Waals surface area contributed by atoms with E-state index in [0.29, 0.717) is 11.4 Å². The fourth-order valence-corrected chi connectivity index (χ4v) is 1.62. The Bertz CT molecular complexity index is 471. The van der Waals surface area contributed by atoms with E-state index in [1.807, 2.05) is 0 Å². The molecule has 2 rings (SSSR count). The van der Waals surface area contributed by atoms with Crippen LogP contribution in [0.2, 0.25) is 0 Å². The second-order valence-electron chi connectivity index (χ2n) is 4.26. The predicted molar refractivity (Wildman–Crippen MR) is 67.4 cm³/mol. The molecule has 0 radical (unpaired) electrons. The molecule has 0 aliphatic heterocycles. The zero-order valence-corrected chi connectivity index (χ0v) is 9.80. The van der Waals surface area contributed by atoms with Gasteiger partial charge in [-0.3, -0.25) is 9.69 Å². The van der Waals surface area contributed by atoms with Crippen LogP contribution in [0.15, 0.2) is 24.3 Å². The molecule has 6 nitrogen and oxygen atoms in total. The summed E-state index contributed by atoms with van der Waals surface area (Å²) in [6, 6.07) is 6.46. The van der Waals surface area contributed by atoms with Crippen LogP contribution in [0.1, 0.15) is 12.8 Å². The molecule has 1 saturated carbocycles. The standard InChI is InChI=1S/C12H15N3O3/c13-9-3-1-2-4-10(9)15(7-11(16)17)12(18)14-8-5-6-8/h1-4,8H,5-7,13H2,(H,14,18)(H,16,17). The first-order valence-electron chi connectivity index (χ1n) is 5.72. The van der Waals surface area contributed by atoms with Crippen molar-refractivity contribution in [2.45, 2.75) is 18.9 Å². The number of nitrogens with one attached hydrogen (secondary N) is 1. The number of anilines is 2. The molecule has 0 unspecified atom stereocenters. The van der Waals surface area contributed by atoms with E-state index in [2.05, 4.69) is 5.32 Å². The molecule has 1 aromatic rings. The first-order valence-corrected chi connectivity index (χ1v) is 5.72. The van der Waals surface area contributed by atoms with E-state index in [9.17, 15) is 9.59 Å². The van der Waals surface area contributed by atoms with Crippen molar-refractivity contribution in [3.63, 3.8) is 0 Å². The van der Waals surface area contributed by atoms with Gasteiger partial charge in [0.2, 0.25) is 0 Å². The van der Waals surface area contributed by atoms with Gasteiger partial charge in [0.05, 0.1) is 11.4 Å². The number of nitrogens with two attached hydrogens (primary N) is 1. The lowest BCUT2D eigenvalue weighted by molar-refractivity contribution is -0.135. The zero-order valence-electron chi connectivity index (χ0n) is 9.80. The van der Waals surface area contributed by atoms with Crippen LogP contribution in [0.5, 0.6) is 0 Å². The Morgan fingerprint density at radius 3 is 2.61 bits per heavy atom. The highest BCUT2D eigenvalue weighted by atomic mass is 16.4. The molecule has 0 bridgehead atoms. The van der Waals surface area contributed by atoms with Crippen molar-refractivity contribution in [1.82, 2.24) is 5.32 Å². The number of nitrogens with zero attached hydrogens (tertiary/aromatic N) is 1. The molecule has 0 spiro atoms. The number of aliphatic carboxylic acids is 1. The van der Waals surface area contributed by atoms with Crippen molar-refractivity contribution in [3.05, 3.63) is 24.3 Å². The number of carbonyl (C=O) groups excluding carboxylic acids is 1. The van der Waals surface area contributed by atoms with E-state index in [1.54, 1.807) is 24.3 Å². The Morgan fingerprint density at radius 1 is 1.39 bits per heavy atom. The van der Waals surface area contributed by atoms with Crippen molar-refractivity contribution >= 4 is 23.4 Å². The molecule has 1 aliphatic carbocycles. The summed E-state index contributed by atoms with van der Waals surface area (Å²) < 4.78 is 0. The minimum absolute atomic E-state index is 0.165. The fourth-order valence-electron chi connectivity index (χ4n) is 1.62. The molecule has 0 aromatic heterocycles. The largest absolute Gasteiger partial charge is 0.480 e. The number of carboxylic acid groups (broad SMARTS) is 1. The van der Waals surface area contributed by atoms with Crippen LogP contribution in [-0.2, 0) is 4.79 Å². The van der Waals surface area contributed by atoms with E-state index in [4.69, 9.17) is 10.8 Å². The summed E-state index contributed by atoms with van der Waals surface area (Å²) >= 11 is 0. The molecule has 0 saturated heterocycles. The summed E-state index contributed by atoms with van der Waals surface area (Å²) in [7, 11) is 0. The summed E-state index contributed by atoms with van der Waals surface area (Å²) in [6.45, 7) is -0.410. The van der Waals surface area contributed by atoms with Gasteiger partial charge in [0.15, 0.2) is 0 Å². The lowest BCUT2D eigenvalue weighted by atomic mass is 10.2. The van der Waals surface area contributed by atoms with Gasteiger partial charge in [-0.05, 0) is 25.0 Å². The summed E-state index contributed by atoms with van der Waals surface area (Å²) in [5, 5.41) is 11.6. The van der Waals surface area contributed by atoms with Crippen molar-refractivity contribution < 1.29 is 14.7 Å². The number of carbonyl (C=O) groups is 2. The predicted octanol–water partition coefficient (Wildman–Crippen LogP) is 1.03. The molecule has 4 N–H and O–H groups in total. The Kier molecular flexibility index (Phi) is 3.36. The van der Waals surface area contributed by atoms with Crippen LogP contribution < -0.4 is 16.0 Å². The van der Waals surface area contributed by atoms with Gasteiger partial charge in [0, 0.05) is 6.04 Å². The zero-order chi connectivity index (χ0) is 13.1. The quantitative estimate of drug-likeness (QED) is 0.694. The monoisotopic (exact) mass is 249 g/mol. The van der Waals surface area contributed by atoms with Crippen molar-refractivity contribution in [1.29, 1.82) is 0 Å². The topological polar surface area (TPSA) is 95.7 Å². The Labute approximate surface area is 104 Å². The number of hydrogen-bond acceptors (Lipinski definition) is 3. The maximum absolute atomic E-state index is 12.0. The van der Waals surface area contributed by atoms with E-state index in [0.717, 1.165) is 17.7 Å². The van der Waals surface area contributed by atoms with Gasteiger partial charge in [-0.2, -0.15) is 0 Å². The maximum atomic E-state index is 12.0. The van der Waals surface area contributed by atoms with Gasteiger partial charge < -0.3 is 16.2 Å². The number of rotatable bonds is 4. The van der Waals surface area contributed by atoms with Crippen LogP contribution in [0.4, 0.5) is 16.2 Å². The molecular formula is C12H15N3O3. The molecule has 0 atom stereocenters. The highest BCUT2D eigenvalue weighted by Crippen LogP contribution is 2.24. The lowest BCUT2D eigenvalue weighted by Gasteiger charge is -2.22. The van der Waals surface area contributed by atoms with E-state index in [1.165, 1.54) is 0 Å². The third-order valence-electron chi connectivity index (χ3n) is 2.67.